The van der Waals surface area contributed by atoms with E-state index in [2.05, 4.69) is 25.0 Å². The monoisotopic (exact) mass is 397 g/mol. The van der Waals surface area contributed by atoms with Crippen LogP contribution in [0.1, 0.15) is 11.5 Å². The van der Waals surface area contributed by atoms with E-state index < -0.39 is 18.8 Å². The predicted octanol–water partition coefficient (Wildman–Crippen LogP) is 1.82. The molecule has 9 nitrogen and oxygen atoms in total. The van der Waals surface area contributed by atoms with Crippen molar-refractivity contribution in [3.8, 4) is 17.3 Å². The van der Waals surface area contributed by atoms with Crippen LogP contribution in [0.3, 0.4) is 0 Å². The van der Waals surface area contributed by atoms with E-state index in [0.717, 1.165) is 4.68 Å². The van der Waals surface area contributed by atoms with Crippen LogP contribution in [0.15, 0.2) is 39.9 Å². The lowest BCUT2D eigenvalue weighted by Crippen LogP contribution is -2.22. The SMILES string of the molecule is COCc1cc(Cn2nc(-c3cnc(OCC(F)(F)F)nc3)ccc2=O)on1. The fraction of sp³-hybridized carbons (Fsp3) is 0.312. The highest BCUT2D eigenvalue weighted by atomic mass is 19.4. The van der Waals surface area contributed by atoms with Crippen LogP contribution in [0.5, 0.6) is 6.01 Å². The summed E-state index contributed by atoms with van der Waals surface area (Å²) < 4.78 is 52.1. The van der Waals surface area contributed by atoms with Crippen LogP contribution in [0, 0.1) is 0 Å². The van der Waals surface area contributed by atoms with E-state index in [1.165, 1.54) is 31.6 Å². The molecule has 3 aromatic heterocycles. The van der Waals surface area contributed by atoms with Gasteiger partial charge in [0, 0.05) is 37.2 Å². The van der Waals surface area contributed by atoms with Gasteiger partial charge in [0.05, 0.1) is 12.3 Å². The summed E-state index contributed by atoms with van der Waals surface area (Å²) in [5.41, 5.74) is 0.938. The Morgan fingerprint density at radius 3 is 2.64 bits per heavy atom. The number of ether oxygens (including phenoxy) is 2. The molecule has 3 aromatic rings. The summed E-state index contributed by atoms with van der Waals surface area (Å²) in [6, 6.07) is 3.97. The second kappa shape index (κ2) is 8.17. The molecule has 0 bridgehead atoms. The van der Waals surface area contributed by atoms with Gasteiger partial charge in [0.1, 0.15) is 12.2 Å². The van der Waals surface area contributed by atoms with Crippen LogP contribution in [-0.2, 0) is 17.9 Å². The Morgan fingerprint density at radius 1 is 1.21 bits per heavy atom. The summed E-state index contributed by atoms with van der Waals surface area (Å²) in [5, 5.41) is 7.99. The highest BCUT2D eigenvalue weighted by Gasteiger charge is 2.28. The Labute approximate surface area is 155 Å². The Bertz CT molecular complexity index is 985. The fourth-order valence-corrected chi connectivity index (χ4v) is 2.18. The second-order valence-corrected chi connectivity index (χ2v) is 5.59. The van der Waals surface area contributed by atoms with Crippen molar-refractivity contribution in [3.05, 3.63) is 52.4 Å². The third-order valence-electron chi connectivity index (χ3n) is 3.36. The first-order valence-corrected chi connectivity index (χ1v) is 7.87. The van der Waals surface area contributed by atoms with Crippen LogP contribution < -0.4 is 10.3 Å². The number of halogens is 3. The molecule has 0 radical (unpaired) electrons. The maximum atomic E-state index is 12.1. The van der Waals surface area contributed by atoms with E-state index in [0.29, 0.717) is 22.7 Å². The number of hydrogen-bond donors (Lipinski definition) is 0. The van der Waals surface area contributed by atoms with Crippen molar-refractivity contribution < 1.29 is 27.2 Å². The average Bonchev–Trinajstić information content (AvgIpc) is 3.09. The minimum absolute atomic E-state index is 0.0387. The van der Waals surface area contributed by atoms with Crippen LogP contribution in [0.25, 0.3) is 11.3 Å². The second-order valence-electron chi connectivity index (χ2n) is 5.59. The molecule has 0 atom stereocenters. The standard InChI is InChI=1S/C16H14F3N5O4/c1-26-8-11-4-12(28-23-11)7-24-14(25)3-2-13(22-24)10-5-20-15(21-6-10)27-9-16(17,18)19/h2-6H,7-9H2,1H3. The average molecular weight is 397 g/mol. The number of alkyl halides is 3. The van der Waals surface area contributed by atoms with Gasteiger partial charge in [0.2, 0.25) is 0 Å². The van der Waals surface area contributed by atoms with Gasteiger partial charge in [-0.15, -0.1) is 0 Å². The van der Waals surface area contributed by atoms with Crippen LogP contribution in [0.4, 0.5) is 13.2 Å². The van der Waals surface area contributed by atoms with Gasteiger partial charge in [-0.1, -0.05) is 5.16 Å². The molecule has 0 amide bonds. The topological polar surface area (TPSA) is 105 Å². The molecule has 0 saturated heterocycles. The Morgan fingerprint density at radius 2 is 1.96 bits per heavy atom. The summed E-state index contributed by atoms with van der Waals surface area (Å²) >= 11 is 0. The van der Waals surface area contributed by atoms with Crippen molar-refractivity contribution in [1.82, 2.24) is 24.9 Å². The lowest BCUT2D eigenvalue weighted by atomic mass is 10.2. The molecule has 0 spiro atoms. The minimum Gasteiger partial charge on any atom is -0.454 e. The Hall–Kier alpha value is -3.28. The summed E-state index contributed by atoms with van der Waals surface area (Å²) in [5.74, 6) is 0.408. The van der Waals surface area contributed by atoms with E-state index >= 15 is 0 Å². The molecule has 3 rings (SSSR count). The molecule has 0 N–H and O–H groups in total. The van der Waals surface area contributed by atoms with Gasteiger partial charge < -0.3 is 14.0 Å². The third-order valence-corrected chi connectivity index (χ3v) is 3.36. The van der Waals surface area contributed by atoms with Gasteiger partial charge in [-0.05, 0) is 6.07 Å². The third kappa shape index (κ3) is 5.13. The van der Waals surface area contributed by atoms with E-state index in [1.54, 1.807) is 6.07 Å². The molecular formula is C16H14F3N5O4. The molecule has 0 aliphatic carbocycles. The first-order chi connectivity index (χ1) is 13.3. The van der Waals surface area contributed by atoms with Gasteiger partial charge >= 0.3 is 12.2 Å². The van der Waals surface area contributed by atoms with Crippen LogP contribution >= 0.6 is 0 Å². The normalized spacial score (nSPS) is 11.6. The van der Waals surface area contributed by atoms with Crippen LogP contribution in [0.2, 0.25) is 0 Å². The maximum Gasteiger partial charge on any atom is 0.422 e. The number of nitrogens with zero attached hydrogens (tertiary/aromatic N) is 5. The molecule has 12 heteroatoms. The molecular weight excluding hydrogens is 383 g/mol. The van der Waals surface area contributed by atoms with Crippen molar-refractivity contribution in [3.63, 3.8) is 0 Å². The Kier molecular flexibility index (Phi) is 5.68. The maximum absolute atomic E-state index is 12.1. The molecule has 0 aliphatic rings. The zero-order valence-corrected chi connectivity index (χ0v) is 14.5. The molecule has 0 saturated carbocycles. The highest BCUT2D eigenvalue weighted by molar-refractivity contribution is 5.55. The fourth-order valence-electron chi connectivity index (χ4n) is 2.18. The first-order valence-electron chi connectivity index (χ1n) is 7.87. The van der Waals surface area contributed by atoms with E-state index in [9.17, 15) is 18.0 Å². The molecule has 3 heterocycles. The van der Waals surface area contributed by atoms with E-state index in [-0.39, 0.29) is 18.7 Å². The predicted molar refractivity (Wildman–Crippen MR) is 87.4 cm³/mol. The summed E-state index contributed by atoms with van der Waals surface area (Å²) in [4.78, 5) is 19.5. The Balaban J connectivity index is 1.75. The molecule has 0 aliphatic heterocycles. The van der Waals surface area contributed by atoms with Gasteiger partial charge in [0.15, 0.2) is 12.4 Å². The van der Waals surface area contributed by atoms with Crippen molar-refractivity contribution in [1.29, 1.82) is 0 Å². The van der Waals surface area contributed by atoms with Crippen molar-refractivity contribution in [2.24, 2.45) is 0 Å². The molecule has 0 aromatic carbocycles. The number of methoxy groups -OCH3 is 1. The zero-order chi connectivity index (χ0) is 20.1. The first kappa shape index (κ1) is 19.5. The lowest BCUT2D eigenvalue weighted by molar-refractivity contribution is -0.154. The molecule has 28 heavy (non-hydrogen) atoms. The summed E-state index contributed by atoms with van der Waals surface area (Å²) in [6.45, 7) is -1.18. The van der Waals surface area contributed by atoms with Crippen molar-refractivity contribution >= 4 is 0 Å². The number of aromatic nitrogens is 5. The number of rotatable bonds is 7. The van der Waals surface area contributed by atoms with Gasteiger partial charge in [-0.3, -0.25) is 4.79 Å². The van der Waals surface area contributed by atoms with Gasteiger partial charge in [0.25, 0.3) is 5.56 Å². The smallest absolute Gasteiger partial charge is 0.422 e. The van der Waals surface area contributed by atoms with E-state index in [4.69, 9.17) is 9.26 Å². The largest absolute Gasteiger partial charge is 0.454 e. The molecule has 148 valence electrons. The minimum atomic E-state index is -4.48. The van der Waals surface area contributed by atoms with Gasteiger partial charge in [-0.25, -0.2) is 14.6 Å². The van der Waals surface area contributed by atoms with E-state index in [1.807, 2.05) is 0 Å². The van der Waals surface area contributed by atoms with Crippen molar-refractivity contribution in [2.75, 3.05) is 13.7 Å². The van der Waals surface area contributed by atoms with Gasteiger partial charge in [-0.2, -0.15) is 18.3 Å². The van der Waals surface area contributed by atoms with Crippen molar-refractivity contribution in [2.45, 2.75) is 19.3 Å². The zero-order valence-electron chi connectivity index (χ0n) is 14.5. The molecule has 0 unspecified atom stereocenters. The summed E-state index contributed by atoms with van der Waals surface area (Å²) in [7, 11) is 1.52. The van der Waals surface area contributed by atoms with Crippen LogP contribution in [-0.4, -0.2) is 44.8 Å². The quantitative estimate of drug-likeness (QED) is 0.595. The number of hydrogen-bond acceptors (Lipinski definition) is 8. The highest BCUT2D eigenvalue weighted by Crippen LogP contribution is 2.18. The lowest BCUT2D eigenvalue weighted by Gasteiger charge is -2.08. The summed E-state index contributed by atoms with van der Waals surface area (Å²) in [6.07, 6.45) is -1.98. The molecule has 0 fully saturated rings.